The Kier molecular flexibility index (Phi) is 2.98. The Labute approximate surface area is 116 Å². The van der Waals surface area contributed by atoms with Crippen molar-refractivity contribution >= 4 is 17.6 Å². The van der Waals surface area contributed by atoms with Gasteiger partial charge >= 0.3 is 5.97 Å². The van der Waals surface area contributed by atoms with Gasteiger partial charge < -0.3 is 19.1 Å². The third-order valence-corrected chi connectivity index (χ3v) is 3.05. The third kappa shape index (κ3) is 1.96. The first-order valence-electron chi connectivity index (χ1n) is 5.56. The first kappa shape index (κ1) is 12.7. The van der Waals surface area contributed by atoms with Crippen LogP contribution >= 0.6 is 11.6 Å². The van der Waals surface area contributed by atoms with E-state index >= 15 is 0 Å². The van der Waals surface area contributed by atoms with E-state index in [0.717, 1.165) is 6.07 Å². The number of aromatic carboxylic acids is 1. The van der Waals surface area contributed by atoms with E-state index in [0.29, 0.717) is 6.61 Å². The summed E-state index contributed by atoms with van der Waals surface area (Å²) in [5, 5.41) is 12.0. The molecule has 3 rings (SSSR count). The van der Waals surface area contributed by atoms with Crippen molar-refractivity contribution in [1.29, 1.82) is 0 Å². The third-order valence-electron chi connectivity index (χ3n) is 2.71. The number of halogens is 2. The molecule has 0 unspecified atom stereocenters. The summed E-state index contributed by atoms with van der Waals surface area (Å²) in [7, 11) is 0. The van der Waals surface area contributed by atoms with Gasteiger partial charge in [0.1, 0.15) is 23.9 Å². The topological polar surface area (TPSA) is 81.8 Å². The number of hydrogen-bond donors (Lipinski definition) is 1. The molecule has 0 spiro atoms. The number of carboxylic acids is 1. The lowest BCUT2D eigenvalue weighted by molar-refractivity contribution is 0.0652. The molecule has 104 valence electrons. The van der Waals surface area contributed by atoms with Crippen LogP contribution in [0, 0.1) is 5.82 Å². The summed E-state index contributed by atoms with van der Waals surface area (Å²) in [6, 6.07) is 2.45. The molecule has 0 aliphatic carbocycles. The van der Waals surface area contributed by atoms with Gasteiger partial charge in [0.15, 0.2) is 17.3 Å². The zero-order valence-electron chi connectivity index (χ0n) is 9.85. The van der Waals surface area contributed by atoms with Gasteiger partial charge in [-0.15, -0.1) is 0 Å². The van der Waals surface area contributed by atoms with Gasteiger partial charge in [0.05, 0.1) is 0 Å². The zero-order chi connectivity index (χ0) is 14.3. The first-order valence-corrected chi connectivity index (χ1v) is 5.93. The minimum atomic E-state index is -1.30. The number of rotatable bonds is 2. The summed E-state index contributed by atoms with van der Waals surface area (Å²) in [5.41, 5.74) is -0.00530. The standard InChI is InChI=1S/C12H7ClFNO5/c13-9-10(14)5(3-7-11(9)19-2-1-18-7)6-4-8(12(16)17)20-15-6/h3-4H,1-2H2,(H,16,17). The molecular weight excluding hydrogens is 293 g/mol. The minimum Gasteiger partial charge on any atom is -0.486 e. The molecule has 8 heteroatoms. The Morgan fingerprint density at radius 1 is 1.35 bits per heavy atom. The fourth-order valence-electron chi connectivity index (χ4n) is 1.81. The van der Waals surface area contributed by atoms with E-state index in [4.69, 9.17) is 26.2 Å². The van der Waals surface area contributed by atoms with Crippen LogP contribution in [0.4, 0.5) is 4.39 Å². The zero-order valence-corrected chi connectivity index (χ0v) is 10.6. The van der Waals surface area contributed by atoms with Crippen LogP contribution < -0.4 is 9.47 Å². The van der Waals surface area contributed by atoms with Crippen LogP contribution in [0.15, 0.2) is 16.7 Å². The van der Waals surface area contributed by atoms with E-state index in [-0.39, 0.29) is 34.4 Å². The summed E-state index contributed by atoms with van der Waals surface area (Å²) in [6.45, 7) is 0.590. The van der Waals surface area contributed by atoms with Crippen LogP contribution in [0.3, 0.4) is 0 Å². The van der Waals surface area contributed by atoms with Crippen molar-refractivity contribution < 1.29 is 28.3 Å². The Balaban J connectivity index is 2.13. The van der Waals surface area contributed by atoms with E-state index in [9.17, 15) is 9.18 Å². The van der Waals surface area contributed by atoms with E-state index < -0.39 is 17.5 Å². The molecular formula is C12H7ClFNO5. The molecule has 1 aromatic heterocycles. The number of hydrogen-bond acceptors (Lipinski definition) is 5. The molecule has 2 heterocycles. The fraction of sp³-hybridized carbons (Fsp3) is 0.167. The smallest absolute Gasteiger partial charge is 0.374 e. The number of aromatic nitrogens is 1. The number of ether oxygens (including phenoxy) is 2. The van der Waals surface area contributed by atoms with Crippen LogP contribution in [0.25, 0.3) is 11.3 Å². The van der Waals surface area contributed by atoms with E-state index in [1.54, 1.807) is 0 Å². The average molecular weight is 300 g/mol. The van der Waals surface area contributed by atoms with Crippen LogP contribution in [-0.4, -0.2) is 29.4 Å². The molecule has 0 amide bonds. The molecule has 0 bridgehead atoms. The molecule has 1 N–H and O–H groups in total. The maximum absolute atomic E-state index is 14.2. The van der Waals surface area contributed by atoms with Gasteiger partial charge in [0, 0.05) is 11.6 Å². The van der Waals surface area contributed by atoms with Crippen molar-refractivity contribution in [1.82, 2.24) is 5.16 Å². The quantitative estimate of drug-likeness (QED) is 0.918. The average Bonchev–Trinajstić information content (AvgIpc) is 2.92. The molecule has 0 radical (unpaired) electrons. The summed E-state index contributed by atoms with van der Waals surface area (Å²) < 4.78 is 29.3. The van der Waals surface area contributed by atoms with E-state index in [2.05, 4.69) is 9.68 Å². The highest BCUT2D eigenvalue weighted by Gasteiger charge is 2.25. The van der Waals surface area contributed by atoms with Gasteiger partial charge in [-0.2, -0.15) is 0 Å². The normalized spacial score (nSPS) is 13.3. The molecule has 0 atom stereocenters. The molecule has 1 aliphatic rings. The van der Waals surface area contributed by atoms with Gasteiger partial charge in [0.2, 0.25) is 5.76 Å². The van der Waals surface area contributed by atoms with Crippen molar-refractivity contribution in [3.8, 4) is 22.8 Å². The summed E-state index contributed by atoms with van der Waals surface area (Å²) in [6.07, 6.45) is 0. The Morgan fingerprint density at radius 3 is 2.80 bits per heavy atom. The van der Waals surface area contributed by atoms with E-state index in [1.165, 1.54) is 6.07 Å². The number of nitrogens with zero attached hydrogens (tertiary/aromatic N) is 1. The number of benzene rings is 1. The van der Waals surface area contributed by atoms with Gasteiger partial charge in [-0.1, -0.05) is 16.8 Å². The summed E-state index contributed by atoms with van der Waals surface area (Å²) >= 11 is 5.88. The molecule has 0 saturated heterocycles. The second-order valence-electron chi connectivity index (χ2n) is 3.96. The lowest BCUT2D eigenvalue weighted by Crippen LogP contribution is -2.16. The molecule has 0 fully saturated rings. The lowest BCUT2D eigenvalue weighted by atomic mass is 10.1. The van der Waals surface area contributed by atoms with Crippen molar-refractivity contribution in [2.45, 2.75) is 0 Å². The monoisotopic (exact) mass is 299 g/mol. The van der Waals surface area contributed by atoms with Crippen LogP contribution in [0.2, 0.25) is 5.02 Å². The molecule has 0 saturated carbocycles. The Morgan fingerprint density at radius 2 is 2.10 bits per heavy atom. The van der Waals surface area contributed by atoms with Crippen molar-refractivity contribution in [2.24, 2.45) is 0 Å². The Hall–Kier alpha value is -2.28. The number of carbonyl (C=O) groups is 1. The van der Waals surface area contributed by atoms with Crippen LogP contribution in [0.1, 0.15) is 10.6 Å². The minimum absolute atomic E-state index is 0.0128. The molecule has 20 heavy (non-hydrogen) atoms. The van der Waals surface area contributed by atoms with Gasteiger partial charge in [-0.3, -0.25) is 0 Å². The van der Waals surface area contributed by atoms with Gasteiger partial charge in [-0.05, 0) is 6.07 Å². The molecule has 2 aromatic rings. The van der Waals surface area contributed by atoms with Crippen molar-refractivity contribution in [2.75, 3.05) is 13.2 Å². The SMILES string of the molecule is O=C(O)c1cc(-c2cc3c(c(Cl)c2F)OCCO3)no1. The highest BCUT2D eigenvalue weighted by molar-refractivity contribution is 6.32. The van der Waals surface area contributed by atoms with Crippen LogP contribution in [0.5, 0.6) is 11.5 Å². The van der Waals surface area contributed by atoms with Crippen LogP contribution in [-0.2, 0) is 0 Å². The summed E-state index contributed by atoms with van der Waals surface area (Å²) in [4.78, 5) is 10.7. The number of fused-ring (bicyclic) bond motifs is 1. The fourth-order valence-corrected chi connectivity index (χ4v) is 2.06. The van der Waals surface area contributed by atoms with Gasteiger partial charge in [-0.25, -0.2) is 9.18 Å². The molecule has 6 nitrogen and oxygen atoms in total. The molecule has 1 aliphatic heterocycles. The largest absolute Gasteiger partial charge is 0.486 e. The Bertz CT molecular complexity index is 699. The predicted molar refractivity (Wildman–Crippen MR) is 64.9 cm³/mol. The molecule has 1 aromatic carbocycles. The maximum atomic E-state index is 14.2. The second kappa shape index (κ2) is 4.68. The van der Waals surface area contributed by atoms with E-state index in [1.807, 2.05) is 0 Å². The number of carboxylic acid groups (broad SMARTS) is 1. The lowest BCUT2D eigenvalue weighted by Gasteiger charge is -2.20. The predicted octanol–water partition coefficient (Wildman–Crippen LogP) is 2.60. The summed E-state index contributed by atoms with van der Waals surface area (Å²) in [5.74, 6) is -2.07. The maximum Gasteiger partial charge on any atom is 0.374 e. The highest BCUT2D eigenvalue weighted by Crippen LogP contribution is 2.43. The van der Waals surface area contributed by atoms with Gasteiger partial charge in [0.25, 0.3) is 0 Å². The van der Waals surface area contributed by atoms with Crippen molar-refractivity contribution in [3.05, 3.63) is 28.7 Å². The second-order valence-corrected chi connectivity index (χ2v) is 4.34. The van der Waals surface area contributed by atoms with Crippen molar-refractivity contribution in [3.63, 3.8) is 0 Å². The highest BCUT2D eigenvalue weighted by atomic mass is 35.5. The first-order chi connectivity index (χ1) is 9.58.